The highest BCUT2D eigenvalue weighted by Gasteiger charge is 2.41. The molecule has 0 aliphatic carbocycles. The van der Waals surface area contributed by atoms with Gasteiger partial charge in [0.1, 0.15) is 5.75 Å². The second kappa shape index (κ2) is 11.8. The predicted octanol–water partition coefficient (Wildman–Crippen LogP) is 4.96. The third kappa shape index (κ3) is 6.56. The van der Waals surface area contributed by atoms with Crippen molar-refractivity contribution in [3.63, 3.8) is 0 Å². The number of hydrogen-bond donors (Lipinski definition) is 1. The van der Waals surface area contributed by atoms with E-state index >= 15 is 0 Å². The molecule has 3 rings (SSSR count). The topological polar surface area (TPSA) is 58.6 Å². The minimum atomic E-state index is -4.44. The zero-order chi connectivity index (χ0) is 25.4. The summed E-state index contributed by atoms with van der Waals surface area (Å²) in [6, 6.07) is 11.6. The molecule has 1 saturated heterocycles. The molecule has 2 aromatic rings. The molecule has 0 saturated carbocycles. The highest BCUT2D eigenvalue weighted by atomic mass is 19.4. The Labute approximate surface area is 203 Å². The lowest BCUT2D eigenvalue weighted by Crippen LogP contribution is -2.48. The minimum Gasteiger partial charge on any atom is -0.496 e. The summed E-state index contributed by atoms with van der Waals surface area (Å²) in [7, 11) is 1.55. The number of para-hydroxylation sites is 1. The van der Waals surface area contributed by atoms with Gasteiger partial charge in [0.05, 0.1) is 31.2 Å². The average molecular weight is 487 g/mol. The number of likely N-dealkylation sites (tertiary alicyclic amines) is 1. The van der Waals surface area contributed by atoms with Gasteiger partial charge in [0.2, 0.25) is 11.8 Å². The van der Waals surface area contributed by atoms with Gasteiger partial charge >= 0.3 is 6.18 Å². The van der Waals surface area contributed by atoms with Crippen LogP contribution < -0.4 is 10.1 Å². The minimum absolute atomic E-state index is 0.00254. The first kappa shape index (κ1) is 26.1. The summed E-state index contributed by atoms with van der Waals surface area (Å²) < 4.78 is 44.2. The third-order valence-electron chi connectivity index (χ3n) is 6.03. The Morgan fingerprint density at radius 1 is 1.20 bits per heavy atom. The molecular weight excluding hydrogens is 457 g/mol. The number of carbonyl (C=O) groups is 2. The first-order chi connectivity index (χ1) is 16.8. The molecule has 1 aliphatic rings. The lowest BCUT2D eigenvalue weighted by molar-refractivity contribution is -0.143. The van der Waals surface area contributed by atoms with Crippen LogP contribution in [0, 0.1) is 17.8 Å². The van der Waals surface area contributed by atoms with Crippen LogP contribution in [0.5, 0.6) is 5.75 Å². The molecule has 35 heavy (non-hydrogen) atoms. The van der Waals surface area contributed by atoms with E-state index in [1.165, 1.54) is 12.1 Å². The van der Waals surface area contributed by atoms with Crippen molar-refractivity contribution in [1.82, 2.24) is 10.2 Å². The van der Waals surface area contributed by atoms with Gasteiger partial charge in [-0.1, -0.05) is 49.5 Å². The molecule has 0 spiro atoms. The van der Waals surface area contributed by atoms with Gasteiger partial charge in [0.15, 0.2) is 0 Å². The maximum Gasteiger partial charge on any atom is 0.416 e. The van der Waals surface area contributed by atoms with Gasteiger partial charge in [-0.25, -0.2) is 0 Å². The number of carbonyl (C=O) groups excluding carboxylic acids is 2. The highest BCUT2D eigenvalue weighted by Crippen LogP contribution is 2.40. The fourth-order valence-electron chi connectivity index (χ4n) is 4.30. The van der Waals surface area contributed by atoms with Gasteiger partial charge in [0.25, 0.3) is 0 Å². The first-order valence-electron chi connectivity index (χ1n) is 11.6. The number of nitrogens with zero attached hydrogens (tertiary/aromatic N) is 1. The number of rotatable bonds is 7. The molecule has 2 aromatic carbocycles. The Kier molecular flexibility index (Phi) is 8.80. The number of halogens is 3. The molecule has 186 valence electrons. The molecule has 5 nitrogen and oxygen atoms in total. The van der Waals surface area contributed by atoms with Gasteiger partial charge in [-0.05, 0) is 37.1 Å². The van der Waals surface area contributed by atoms with Crippen LogP contribution in [-0.2, 0) is 15.8 Å². The highest BCUT2D eigenvalue weighted by molar-refractivity contribution is 5.85. The Balaban J connectivity index is 1.78. The Morgan fingerprint density at radius 3 is 2.69 bits per heavy atom. The van der Waals surface area contributed by atoms with E-state index in [2.05, 4.69) is 17.2 Å². The number of benzene rings is 2. The molecule has 8 heteroatoms. The number of hydrogen-bond acceptors (Lipinski definition) is 3. The van der Waals surface area contributed by atoms with Crippen molar-refractivity contribution in [2.45, 2.75) is 44.8 Å². The lowest BCUT2D eigenvalue weighted by atomic mass is 9.83. The molecule has 1 aliphatic heterocycles. The maximum atomic E-state index is 13.2. The van der Waals surface area contributed by atoms with E-state index in [4.69, 9.17) is 4.74 Å². The molecule has 0 radical (unpaired) electrons. The molecule has 1 N–H and O–H groups in total. The Hall–Kier alpha value is -3.47. The van der Waals surface area contributed by atoms with Crippen LogP contribution in [0.25, 0.3) is 0 Å². The fraction of sp³-hybridized carbons (Fsp3) is 0.407. The zero-order valence-electron chi connectivity index (χ0n) is 19.8. The van der Waals surface area contributed by atoms with Crippen LogP contribution in [0.1, 0.15) is 55.3 Å². The van der Waals surface area contributed by atoms with Crippen LogP contribution in [-0.4, -0.2) is 36.9 Å². The molecule has 0 aromatic heterocycles. The Bertz CT molecular complexity index is 1100. The van der Waals surface area contributed by atoms with Crippen LogP contribution in [0.2, 0.25) is 0 Å². The quantitative estimate of drug-likeness (QED) is 0.563. The van der Waals surface area contributed by atoms with E-state index in [1.807, 2.05) is 31.2 Å². The molecule has 0 unspecified atom stereocenters. The van der Waals surface area contributed by atoms with Crippen LogP contribution in [0.3, 0.4) is 0 Å². The van der Waals surface area contributed by atoms with Gasteiger partial charge < -0.3 is 15.0 Å². The molecule has 2 atom stereocenters. The summed E-state index contributed by atoms with van der Waals surface area (Å²) in [6.07, 6.45) is -2.07. The van der Waals surface area contributed by atoms with Crippen molar-refractivity contribution in [1.29, 1.82) is 0 Å². The summed E-state index contributed by atoms with van der Waals surface area (Å²) in [5, 5.41) is 2.78. The van der Waals surface area contributed by atoms with Crippen molar-refractivity contribution >= 4 is 11.8 Å². The van der Waals surface area contributed by atoms with Crippen LogP contribution >= 0.6 is 0 Å². The third-order valence-corrected chi connectivity index (χ3v) is 6.03. The van der Waals surface area contributed by atoms with E-state index in [9.17, 15) is 22.8 Å². The van der Waals surface area contributed by atoms with Crippen molar-refractivity contribution in [2.24, 2.45) is 5.92 Å². The summed E-state index contributed by atoms with van der Waals surface area (Å²) in [4.78, 5) is 27.8. The molecule has 1 heterocycles. The van der Waals surface area contributed by atoms with Crippen molar-refractivity contribution < 1.29 is 27.5 Å². The van der Waals surface area contributed by atoms with E-state index < -0.39 is 23.7 Å². The summed E-state index contributed by atoms with van der Waals surface area (Å²) in [5.41, 5.74) is 0.219. The summed E-state index contributed by atoms with van der Waals surface area (Å²) in [6.45, 7) is 2.56. The molecule has 0 bridgehead atoms. The van der Waals surface area contributed by atoms with E-state index in [0.717, 1.165) is 30.5 Å². The van der Waals surface area contributed by atoms with Crippen molar-refractivity contribution in [3.8, 4) is 17.6 Å². The van der Waals surface area contributed by atoms with Gasteiger partial charge in [-0.3, -0.25) is 9.59 Å². The monoisotopic (exact) mass is 486 g/mol. The largest absolute Gasteiger partial charge is 0.496 e. The Morgan fingerprint density at radius 2 is 1.97 bits per heavy atom. The number of nitrogens with one attached hydrogen (secondary N) is 1. The summed E-state index contributed by atoms with van der Waals surface area (Å²) >= 11 is 0. The second-order valence-electron chi connectivity index (χ2n) is 8.37. The predicted molar refractivity (Wildman–Crippen MR) is 126 cm³/mol. The average Bonchev–Trinajstić information content (AvgIpc) is 2.85. The van der Waals surface area contributed by atoms with E-state index in [1.54, 1.807) is 12.0 Å². The number of piperidine rings is 1. The number of unbranched alkanes of at least 4 members (excludes halogenated alkanes) is 1. The van der Waals surface area contributed by atoms with Gasteiger partial charge in [-0.2, -0.15) is 13.2 Å². The van der Waals surface area contributed by atoms with Crippen molar-refractivity contribution in [3.05, 3.63) is 65.2 Å². The van der Waals surface area contributed by atoms with E-state index in [0.29, 0.717) is 18.7 Å². The lowest BCUT2D eigenvalue weighted by Gasteiger charge is -2.41. The molecule has 2 amide bonds. The fourth-order valence-corrected chi connectivity index (χ4v) is 4.30. The normalized spacial score (nSPS) is 18.0. The number of amides is 2. The maximum absolute atomic E-state index is 13.2. The molecule has 1 fully saturated rings. The first-order valence-corrected chi connectivity index (χ1v) is 11.6. The van der Waals surface area contributed by atoms with Gasteiger partial charge in [-0.15, -0.1) is 0 Å². The number of alkyl halides is 3. The van der Waals surface area contributed by atoms with Crippen LogP contribution in [0.4, 0.5) is 13.2 Å². The smallest absolute Gasteiger partial charge is 0.416 e. The molecular formula is C27H29F3N2O3. The number of methoxy groups -OCH3 is 1. The SMILES string of the molecule is CCCCN1C(=O)CC[C@H](C(=O)NCC#Cc2cccc(C(F)(F)F)c2)[C@H]1c1ccccc1OC. The summed E-state index contributed by atoms with van der Waals surface area (Å²) in [5.74, 6) is 5.25. The number of ether oxygens (including phenoxy) is 1. The van der Waals surface area contributed by atoms with Crippen LogP contribution in [0.15, 0.2) is 48.5 Å². The van der Waals surface area contributed by atoms with Gasteiger partial charge in [0, 0.05) is 24.1 Å². The second-order valence-corrected chi connectivity index (χ2v) is 8.37. The van der Waals surface area contributed by atoms with Crippen molar-refractivity contribution in [2.75, 3.05) is 20.2 Å². The standard InChI is InChI=1S/C27H29F3N2O3/c1-3-4-17-32-24(33)15-14-22(25(32)21-12-5-6-13-23(21)35-2)26(34)31-16-8-10-19-9-7-11-20(18-19)27(28,29)30/h5-7,9,11-13,18,22,25H,3-4,14-17H2,1-2H3,(H,31,34)/t22-,25+/m0/s1. The zero-order valence-corrected chi connectivity index (χ0v) is 19.8. The van der Waals surface area contributed by atoms with E-state index in [-0.39, 0.29) is 30.3 Å².